The molecular weight excluding hydrogens is 500 g/mol. The third-order valence-corrected chi connectivity index (χ3v) is 115. The van der Waals surface area contributed by atoms with Gasteiger partial charge in [-0.25, -0.2) is 0 Å². The van der Waals surface area contributed by atoms with Crippen LogP contribution in [0.2, 0.25) is 43.9 Å². The standard InChI is InChI=1S/C3H5.9CH3.3Sn/c1-3-2;;;;;;;;;;;;/h3H2,1H3;9*1H3;;;. The molecule has 0 saturated carbocycles. The second-order valence-electron chi connectivity index (χ2n) is 8.01. The Morgan fingerprint density at radius 2 is 0.800 bits per heavy atom. The van der Waals surface area contributed by atoms with Crippen molar-refractivity contribution in [2.24, 2.45) is 0 Å². The summed E-state index contributed by atoms with van der Waals surface area (Å²) < 4.78 is 0.984. The summed E-state index contributed by atoms with van der Waals surface area (Å²) in [6.45, 7) is 2.51. The molecule has 0 N–H and O–H groups in total. The van der Waals surface area contributed by atoms with Crippen LogP contribution in [0.3, 0.4) is 0 Å². The van der Waals surface area contributed by atoms with Crippen LogP contribution in [0.15, 0.2) is 0 Å². The molecule has 0 aliphatic rings. The predicted molar refractivity (Wildman–Crippen MR) is 83.0 cm³/mol. The van der Waals surface area contributed by atoms with E-state index < -0.39 is 55.1 Å². The van der Waals surface area contributed by atoms with Crippen LogP contribution in [0, 0.1) is 0 Å². The quantitative estimate of drug-likeness (QED) is 0.435. The van der Waals surface area contributed by atoms with Gasteiger partial charge in [-0.3, -0.25) is 0 Å². The Morgan fingerprint density at radius 3 is 0.800 bits per heavy atom. The SMILES string of the molecule is CC[C]([Sn]([CH3])([CH3])[CH3])([Sn]([CH3])([CH3])[CH3])[Sn]([CH3])([CH3])[CH3]. The summed E-state index contributed by atoms with van der Waals surface area (Å²) in [6, 6.07) is 0. The van der Waals surface area contributed by atoms with Crippen molar-refractivity contribution in [3.05, 3.63) is 0 Å². The number of hydrogen-bond donors (Lipinski definition) is 0. The van der Waals surface area contributed by atoms with Gasteiger partial charge in [0, 0.05) is 0 Å². The van der Waals surface area contributed by atoms with E-state index in [2.05, 4.69) is 51.4 Å². The molecule has 0 aromatic carbocycles. The van der Waals surface area contributed by atoms with E-state index in [0.29, 0.717) is 0 Å². The van der Waals surface area contributed by atoms with Crippen LogP contribution in [0.25, 0.3) is 0 Å². The zero-order chi connectivity index (χ0) is 12.7. The van der Waals surface area contributed by atoms with E-state index in [1.165, 1.54) is 6.42 Å². The summed E-state index contributed by atoms with van der Waals surface area (Å²) in [5, 5.41) is 0. The van der Waals surface area contributed by atoms with Crippen LogP contribution in [-0.2, 0) is 0 Å². The van der Waals surface area contributed by atoms with Gasteiger partial charge in [0.2, 0.25) is 0 Å². The van der Waals surface area contributed by atoms with Crippen molar-refractivity contribution in [3.8, 4) is 0 Å². The van der Waals surface area contributed by atoms with Crippen molar-refractivity contribution >= 4 is 55.1 Å². The van der Waals surface area contributed by atoms with Gasteiger partial charge in [0.05, 0.1) is 0 Å². The maximum absolute atomic E-state index is 2.71. The monoisotopic (exact) mass is 536 g/mol. The maximum atomic E-state index is 2.71. The fraction of sp³-hybridized carbons (Fsp3) is 1.00. The Labute approximate surface area is 111 Å². The summed E-state index contributed by atoms with van der Waals surface area (Å²) in [4.78, 5) is 24.4. The second-order valence-corrected chi connectivity index (χ2v) is 66.1. The van der Waals surface area contributed by atoms with E-state index in [1.807, 2.05) is 0 Å². The first-order chi connectivity index (χ1) is 6.31. The first-order valence-electron chi connectivity index (χ1n) is 6.31. The molecule has 92 valence electrons. The van der Waals surface area contributed by atoms with E-state index in [-0.39, 0.29) is 0 Å². The van der Waals surface area contributed by atoms with Gasteiger partial charge in [-0.1, -0.05) is 0 Å². The van der Waals surface area contributed by atoms with Crippen molar-refractivity contribution in [1.29, 1.82) is 0 Å². The minimum absolute atomic E-state index is 0.984. The van der Waals surface area contributed by atoms with Crippen LogP contribution < -0.4 is 0 Å². The zero-order valence-electron chi connectivity index (χ0n) is 12.7. The first-order valence-corrected chi connectivity index (χ1v) is 36.3. The van der Waals surface area contributed by atoms with Crippen molar-refractivity contribution in [2.75, 3.05) is 0 Å². The van der Waals surface area contributed by atoms with Gasteiger partial charge >= 0.3 is 112 Å². The van der Waals surface area contributed by atoms with Gasteiger partial charge in [-0.15, -0.1) is 0 Å². The topological polar surface area (TPSA) is 0 Å². The van der Waals surface area contributed by atoms with Gasteiger partial charge in [0.25, 0.3) is 0 Å². The van der Waals surface area contributed by atoms with Gasteiger partial charge < -0.3 is 0 Å². The van der Waals surface area contributed by atoms with Crippen molar-refractivity contribution in [1.82, 2.24) is 0 Å². The van der Waals surface area contributed by atoms with Gasteiger partial charge in [-0.05, 0) is 0 Å². The summed E-state index contributed by atoms with van der Waals surface area (Å²) >= 11 is -5.43. The van der Waals surface area contributed by atoms with Crippen molar-refractivity contribution in [3.63, 3.8) is 0 Å². The summed E-state index contributed by atoms with van der Waals surface area (Å²) in [5.74, 6) is 0. The molecule has 15 heavy (non-hydrogen) atoms. The molecule has 0 spiro atoms. The van der Waals surface area contributed by atoms with Crippen molar-refractivity contribution < 1.29 is 0 Å². The Kier molecular flexibility index (Phi) is 6.01. The Morgan fingerprint density at radius 1 is 0.600 bits per heavy atom. The molecule has 0 amide bonds. The molecule has 0 nitrogen and oxygen atoms in total. The molecule has 3 heteroatoms. The summed E-state index contributed by atoms with van der Waals surface area (Å²) in [6.07, 6.45) is 1.52. The van der Waals surface area contributed by atoms with E-state index in [1.54, 1.807) is 0 Å². The molecule has 0 aromatic heterocycles. The van der Waals surface area contributed by atoms with Crippen LogP contribution in [-0.4, -0.2) is 55.1 Å². The molecule has 0 aliphatic carbocycles. The molecule has 0 bridgehead atoms. The van der Waals surface area contributed by atoms with Crippen LogP contribution >= 0.6 is 0 Å². The van der Waals surface area contributed by atoms with Gasteiger partial charge in [0.15, 0.2) is 0 Å². The normalized spacial score (nSPS) is 15.6. The zero-order valence-corrected chi connectivity index (χ0v) is 21.3. The fourth-order valence-corrected chi connectivity index (χ4v) is 163. The van der Waals surface area contributed by atoms with Crippen LogP contribution in [0.4, 0.5) is 0 Å². The van der Waals surface area contributed by atoms with E-state index >= 15 is 0 Å². The first kappa shape index (κ1) is 17.4. The molecule has 0 aliphatic heterocycles. The van der Waals surface area contributed by atoms with Crippen molar-refractivity contribution in [2.45, 2.75) is 57.3 Å². The molecule has 0 saturated heterocycles. The summed E-state index contributed by atoms with van der Waals surface area (Å²) in [7, 11) is 0. The number of hydrogen-bond acceptors (Lipinski definition) is 0. The second kappa shape index (κ2) is 5.18. The Hall–Kier alpha value is 2.40. The predicted octanol–water partition coefficient (Wildman–Crippen LogP) is 5.23. The van der Waals surface area contributed by atoms with E-state index in [9.17, 15) is 0 Å². The van der Waals surface area contributed by atoms with Gasteiger partial charge in [0.1, 0.15) is 0 Å². The molecule has 0 fully saturated rings. The van der Waals surface area contributed by atoms with E-state index in [0.717, 1.165) is -0.537 Å². The van der Waals surface area contributed by atoms with Crippen LogP contribution in [0.5, 0.6) is 0 Å². The molecule has 0 unspecified atom stereocenters. The third-order valence-electron chi connectivity index (χ3n) is 4.37. The van der Waals surface area contributed by atoms with E-state index in [4.69, 9.17) is 0 Å². The molecule has 0 aromatic rings. The Balaban J connectivity index is 5.78. The summed E-state index contributed by atoms with van der Waals surface area (Å²) in [5.41, 5.74) is 0. The number of rotatable bonds is 4. The molecule has 0 heterocycles. The van der Waals surface area contributed by atoms with Gasteiger partial charge in [-0.2, -0.15) is 0 Å². The minimum atomic E-state index is -1.81. The molecule has 0 rings (SSSR count). The fourth-order valence-electron chi connectivity index (χ4n) is 4.97. The third kappa shape index (κ3) is 3.24. The van der Waals surface area contributed by atoms with Crippen LogP contribution in [0.1, 0.15) is 13.3 Å². The average Bonchev–Trinajstić information content (AvgIpc) is 1.76. The molecule has 0 atom stereocenters. The Bertz CT molecular complexity index is 176. The molecule has 0 radical (unpaired) electrons. The average molecular weight is 533 g/mol. The molecular formula is C12H32Sn3.